The Kier molecular flexibility index (Phi) is 37.3. The number of ether oxygens (including phenoxy) is 7. The number of methoxy groups -OCH3 is 2. The Morgan fingerprint density at radius 2 is 0.970 bits per heavy atom. The second kappa shape index (κ2) is 45.0. The van der Waals surface area contributed by atoms with Crippen molar-refractivity contribution < 1.29 is 52.0 Å². The number of unbranched alkanes of at least 4 members (excludes halogenated alkanes) is 30. The van der Waals surface area contributed by atoms with Gasteiger partial charge in [-0.3, -0.25) is 19.0 Å². The second-order valence-corrected chi connectivity index (χ2v) is 34.5. The van der Waals surface area contributed by atoms with Crippen molar-refractivity contribution in [3.8, 4) is 23.0 Å². The van der Waals surface area contributed by atoms with Gasteiger partial charge in [-0.05, 0) is 103 Å². The maximum absolute atomic E-state index is 15.5. The van der Waals surface area contributed by atoms with E-state index in [4.69, 9.17) is 37.6 Å². The fourth-order valence-electron chi connectivity index (χ4n) is 13.4. The summed E-state index contributed by atoms with van der Waals surface area (Å²) in [4.78, 5) is 71.5. The van der Waals surface area contributed by atoms with Crippen molar-refractivity contribution in [2.75, 3.05) is 34.0 Å². The highest BCUT2D eigenvalue weighted by Gasteiger charge is 2.54. The smallest absolute Gasteiger partial charge is 0.340 e. The summed E-state index contributed by atoms with van der Waals surface area (Å²) in [6, 6.07) is 29.3. The van der Waals surface area contributed by atoms with Crippen LogP contribution in [0.4, 0.5) is 0 Å². The number of carbonyl (C=O) groups is 3. The van der Waals surface area contributed by atoms with E-state index < -0.39 is 66.6 Å². The topological polar surface area (TPSA) is 169 Å². The molecule has 4 aromatic carbocycles. The Morgan fingerprint density at radius 1 is 0.535 bits per heavy atom. The molecule has 560 valence electrons. The molecule has 0 amide bonds. The molecule has 6 rings (SSSR count). The first-order chi connectivity index (χ1) is 48.8. The van der Waals surface area contributed by atoms with E-state index in [0.29, 0.717) is 46.3 Å². The Balaban J connectivity index is 1.27. The van der Waals surface area contributed by atoms with Gasteiger partial charge >= 0.3 is 11.7 Å². The van der Waals surface area contributed by atoms with Crippen molar-refractivity contribution >= 4 is 26.0 Å². The number of aryl methyl sites for hydroxylation is 1. The number of Topliss-reactive ketones (excluding diaryl/α,β-unsaturated/α-hetero) is 1. The van der Waals surface area contributed by atoms with Crippen LogP contribution in [0.3, 0.4) is 0 Å². The zero-order valence-corrected chi connectivity index (χ0v) is 65.0. The molecular weight excluding hydrogens is 1290 g/mol. The van der Waals surface area contributed by atoms with Crippen LogP contribution in [-0.4, -0.2) is 87.5 Å². The minimum absolute atomic E-state index is 0.0652. The van der Waals surface area contributed by atoms with E-state index in [1.165, 1.54) is 185 Å². The Labute approximate surface area is 608 Å². The molecule has 15 nitrogen and oxygen atoms in total. The van der Waals surface area contributed by atoms with Crippen LogP contribution in [0.15, 0.2) is 113 Å². The number of carbonyl (C=O) groups excluding carboxylic acids is 3. The molecule has 1 aromatic heterocycles. The molecule has 1 unspecified atom stereocenters. The number of hydrogen-bond acceptors (Lipinski definition) is 13. The standard InChI is InChI=1S/C85H128N2O13Si/c1-12-14-16-18-20-22-24-26-28-30-32-34-36-38-40-45-61-95-74-64-68(63-66(3)78(74)96-62-46-41-39-37-35-33-31-29-27-25-23-21-19-17-15-13-2)81(91)87-76(89)59-60-86(83(87)92)82-80(100-101(10,11)84(5,6)7)79(99-77(90)58-49-67(4)88)75(98-82)65-97-85(69-47-43-42-44-48-69,70-50-54-72(93-8)55-51-70)71-52-56-73(94-9)57-53-71/h42-44,47-48,50-57,59-60,63-64,75,79-80,82H,12-41,45-46,49,58,61-62,65H2,1-11H3/t75-,79+,80?,82-/m1/s1. The fraction of sp³-hybridized carbons (Fsp3) is 0.635. The van der Waals surface area contributed by atoms with Crippen molar-refractivity contribution in [2.24, 2.45) is 0 Å². The van der Waals surface area contributed by atoms with Crippen LogP contribution in [0.1, 0.15) is 299 Å². The molecular formula is C85H128N2O13Si. The quantitative estimate of drug-likeness (QED) is 0.0156. The summed E-state index contributed by atoms with van der Waals surface area (Å²) >= 11 is 0. The Hall–Kier alpha value is -6.33. The third-order valence-electron chi connectivity index (χ3n) is 20.6. The lowest BCUT2D eigenvalue weighted by Crippen LogP contribution is -2.52. The van der Waals surface area contributed by atoms with Crippen LogP contribution in [0, 0.1) is 6.92 Å². The van der Waals surface area contributed by atoms with Gasteiger partial charge in [0.25, 0.3) is 11.5 Å². The van der Waals surface area contributed by atoms with Crippen LogP contribution in [0.5, 0.6) is 23.0 Å². The van der Waals surface area contributed by atoms with Gasteiger partial charge in [-0.15, -0.1) is 0 Å². The molecule has 0 saturated carbocycles. The second-order valence-electron chi connectivity index (χ2n) is 29.8. The van der Waals surface area contributed by atoms with Gasteiger partial charge in [0.15, 0.2) is 32.1 Å². The van der Waals surface area contributed by atoms with Crippen LogP contribution >= 0.6 is 0 Å². The first-order valence-corrected chi connectivity index (χ1v) is 42.0. The van der Waals surface area contributed by atoms with E-state index in [1.54, 1.807) is 26.4 Å². The molecule has 0 aliphatic carbocycles. The van der Waals surface area contributed by atoms with Crippen molar-refractivity contribution in [3.05, 3.63) is 152 Å². The highest BCUT2D eigenvalue weighted by atomic mass is 28.4. The summed E-state index contributed by atoms with van der Waals surface area (Å²) in [5.74, 6) is 0.432. The van der Waals surface area contributed by atoms with Crippen molar-refractivity contribution in [2.45, 2.75) is 315 Å². The normalized spacial score (nSPS) is 15.6. The third kappa shape index (κ3) is 26.7. The SMILES string of the molecule is CCCCCCCCCCCCCCCCCCOc1cc(C(=O)n2c(=O)ccn([C@@H]3O[C@H](COC(c4ccccc4)(c4ccc(OC)cc4)c4ccc(OC)cc4)[C@H](OC(=O)CCC(C)=O)C3O[Si](C)(C)C(C)(C)C)c2=O)cc(C)c1OCCCCCCCCCCCCCCCCCC. The average Bonchev–Trinajstić information content (AvgIpc) is 1.07. The fourth-order valence-corrected chi connectivity index (χ4v) is 14.7. The summed E-state index contributed by atoms with van der Waals surface area (Å²) in [6.45, 7) is 18.7. The van der Waals surface area contributed by atoms with E-state index in [1.807, 2.05) is 98.9 Å². The first kappa shape index (κ1) is 83.6. The largest absolute Gasteiger partial charge is 0.497 e. The molecule has 5 aromatic rings. The summed E-state index contributed by atoms with van der Waals surface area (Å²) in [5.41, 5.74) is -0.282. The molecule has 2 heterocycles. The lowest BCUT2D eigenvalue weighted by atomic mass is 9.80. The molecule has 16 heteroatoms. The van der Waals surface area contributed by atoms with E-state index >= 15 is 9.59 Å². The number of hydrogen-bond donors (Lipinski definition) is 0. The highest BCUT2D eigenvalue weighted by molar-refractivity contribution is 6.74. The van der Waals surface area contributed by atoms with E-state index in [-0.39, 0.29) is 30.8 Å². The third-order valence-corrected chi connectivity index (χ3v) is 25.1. The van der Waals surface area contributed by atoms with Crippen LogP contribution in [-0.2, 0) is 33.8 Å². The summed E-state index contributed by atoms with van der Waals surface area (Å²) in [5, 5.41) is -0.411. The first-order valence-electron chi connectivity index (χ1n) is 39.1. The molecule has 1 saturated heterocycles. The van der Waals surface area contributed by atoms with Gasteiger partial charge in [0.1, 0.15) is 35.1 Å². The van der Waals surface area contributed by atoms with E-state index in [2.05, 4.69) is 34.6 Å². The Bertz CT molecular complexity index is 3250. The van der Waals surface area contributed by atoms with Crippen LogP contribution in [0.2, 0.25) is 18.1 Å². The predicted octanol–water partition coefficient (Wildman–Crippen LogP) is 20.9. The molecule has 0 bridgehead atoms. The average molecular weight is 1410 g/mol. The zero-order valence-electron chi connectivity index (χ0n) is 64.0. The Morgan fingerprint density at radius 3 is 1.41 bits per heavy atom. The summed E-state index contributed by atoms with van der Waals surface area (Å²) in [7, 11) is 0.298. The van der Waals surface area contributed by atoms with Gasteiger partial charge in [-0.1, -0.05) is 282 Å². The maximum atomic E-state index is 15.5. The number of ketones is 1. The van der Waals surface area contributed by atoms with Gasteiger partial charge in [0.05, 0.1) is 40.5 Å². The van der Waals surface area contributed by atoms with Crippen molar-refractivity contribution in [1.29, 1.82) is 0 Å². The van der Waals surface area contributed by atoms with E-state index in [0.717, 1.165) is 61.3 Å². The van der Waals surface area contributed by atoms with Crippen molar-refractivity contribution in [3.63, 3.8) is 0 Å². The van der Waals surface area contributed by atoms with Gasteiger partial charge in [-0.2, -0.15) is 4.57 Å². The molecule has 0 N–H and O–H groups in total. The summed E-state index contributed by atoms with van der Waals surface area (Å²) in [6.07, 6.45) is 36.4. The summed E-state index contributed by atoms with van der Waals surface area (Å²) < 4.78 is 54.4. The number of aromatic nitrogens is 2. The zero-order chi connectivity index (χ0) is 72.9. The predicted molar refractivity (Wildman–Crippen MR) is 410 cm³/mol. The lowest BCUT2D eigenvalue weighted by Gasteiger charge is -2.40. The molecule has 1 aliphatic heterocycles. The van der Waals surface area contributed by atoms with Crippen LogP contribution < -0.4 is 30.2 Å². The lowest BCUT2D eigenvalue weighted by molar-refractivity contribution is -0.159. The monoisotopic (exact) mass is 1410 g/mol. The molecule has 1 aliphatic rings. The molecule has 1 fully saturated rings. The van der Waals surface area contributed by atoms with Crippen LogP contribution in [0.25, 0.3) is 0 Å². The number of esters is 1. The van der Waals surface area contributed by atoms with E-state index in [9.17, 15) is 14.4 Å². The molecule has 0 spiro atoms. The number of rotatable bonds is 52. The highest BCUT2D eigenvalue weighted by Crippen LogP contribution is 2.46. The van der Waals surface area contributed by atoms with Gasteiger partial charge in [0, 0.05) is 24.2 Å². The van der Waals surface area contributed by atoms with Gasteiger partial charge in [-0.25, -0.2) is 4.79 Å². The molecule has 4 atom stereocenters. The number of nitrogens with zero attached hydrogens (tertiary/aromatic N) is 2. The number of benzene rings is 4. The maximum Gasteiger partial charge on any atom is 0.340 e. The van der Waals surface area contributed by atoms with Gasteiger partial charge in [0.2, 0.25) is 0 Å². The minimum atomic E-state index is -2.91. The molecule has 101 heavy (non-hydrogen) atoms. The van der Waals surface area contributed by atoms with Crippen molar-refractivity contribution in [1.82, 2.24) is 9.13 Å². The van der Waals surface area contributed by atoms with Gasteiger partial charge < -0.3 is 42.4 Å². The molecule has 0 radical (unpaired) electrons. The minimum Gasteiger partial charge on any atom is -0.497 e.